The van der Waals surface area contributed by atoms with E-state index < -0.39 is 0 Å². The van der Waals surface area contributed by atoms with Gasteiger partial charge in [0, 0.05) is 10.0 Å². The van der Waals surface area contributed by atoms with Gasteiger partial charge in [0.1, 0.15) is 5.82 Å². The van der Waals surface area contributed by atoms with Crippen molar-refractivity contribution in [3.8, 4) is 6.07 Å². The lowest BCUT2D eigenvalue weighted by Crippen LogP contribution is -1.86. The SMILES string of the molecule is CC/C(C#N)=C(/Cl)c1cc(F)cc(Br)c1. The molecule has 0 aliphatic rings. The number of hydrogen-bond acceptors (Lipinski definition) is 1. The van der Waals surface area contributed by atoms with Crippen LogP contribution in [-0.4, -0.2) is 0 Å². The van der Waals surface area contributed by atoms with Gasteiger partial charge in [0.15, 0.2) is 0 Å². The van der Waals surface area contributed by atoms with Gasteiger partial charge in [0.25, 0.3) is 0 Å². The summed E-state index contributed by atoms with van der Waals surface area (Å²) >= 11 is 9.16. The van der Waals surface area contributed by atoms with Crippen LogP contribution in [0.1, 0.15) is 18.9 Å². The van der Waals surface area contributed by atoms with Gasteiger partial charge in [-0.3, -0.25) is 0 Å². The summed E-state index contributed by atoms with van der Waals surface area (Å²) in [6, 6.07) is 6.32. The minimum Gasteiger partial charge on any atom is -0.207 e. The molecule has 0 spiro atoms. The second-order valence-electron chi connectivity index (χ2n) is 2.92. The number of benzene rings is 1. The van der Waals surface area contributed by atoms with Crippen LogP contribution in [0.25, 0.3) is 5.03 Å². The summed E-state index contributed by atoms with van der Waals surface area (Å²) in [6.45, 7) is 1.83. The predicted octanol–water partition coefficient (Wildman–Crippen LogP) is 4.47. The van der Waals surface area contributed by atoms with E-state index in [9.17, 15) is 4.39 Å². The van der Waals surface area contributed by atoms with E-state index in [4.69, 9.17) is 16.9 Å². The first-order valence-corrected chi connectivity index (χ1v) is 5.50. The van der Waals surface area contributed by atoms with Crippen molar-refractivity contribution in [3.05, 3.63) is 39.6 Å². The van der Waals surface area contributed by atoms with Crippen LogP contribution < -0.4 is 0 Å². The summed E-state index contributed by atoms with van der Waals surface area (Å²) in [5.74, 6) is -0.383. The molecule has 0 fully saturated rings. The Morgan fingerprint density at radius 1 is 1.53 bits per heavy atom. The molecule has 1 aromatic rings. The molecule has 4 heteroatoms. The average Bonchev–Trinajstić information content (AvgIpc) is 2.18. The molecular formula is C11H8BrClFN. The molecule has 0 bridgehead atoms. The third kappa shape index (κ3) is 3.05. The molecule has 0 atom stereocenters. The third-order valence-corrected chi connectivity index (χ3v) is 2.77. The van der Waals surface area contributed by atoms with E-state index in [-0.39, 0.29) is 5.82 Å². The first kappa shape index (κ1) is 12.2. The molecular weight excluding hydrogens is 280 g/mol. The van der Waals surface area contributed by atoms with Crippen LogP contribution in [0, 0.1) is 17.1 Å². The average molecular weight is 289 g/mol. The Labute approximate surface area is 101 Å². The van der Waals surface area contributed by atoms with Crippen LogP contribution in [0.3, 0.4) is 0 Å². The summed E-state index contributed by atoms with van der Waals surface area (Å²) in [7, 11) is 0. The van der Waals surface area contributed by atoms with Crippen molar-refractivity contribution in [1.82, 2.24) is 0 Å². The highest BCUT2D eigenvalue weighted by Crippen LogP contribution is 2.27. The monoisotopic (exact) mass is 287 g/mol. The van der Waals surface area contributed by atoms with Crippen molar-refractivity contribution >= 4 is 32.6 Å². The summed E-state index contributed by atoms with van der Waals surface area (Å²) < 4.78 is 13.7. The Bertz CT molecular complexity index is 428. The molecule has 0 saturated carbocycles. The predicted molar refractivity (Wildman–Crippen MR) is 62.8 cm³/mol. The van der Waals surface area contributed by atoms with Crippen LogP contribution in [0.15, 0.2) is 28.2 Å². The van der Waals surface area contributed by atoms with E-state index in [1.165, 1.54) is 12.1 Å². The van der Waals surface area contributed by atoms with Gasteiger partial charge >= 0.3 is 0 Å². The van der Waals surface area contributed by atoms with Crippen LogP contribution in [0.5, 0.6) is 0 Å². The molecule has 0 aliphatic carbocycles. The van der Waals surface area contributed by atoms with E-state index in [0.717, 1.165) is 0 Å². The van der Waals surface area contributed by atoms with E-state index in [1.807, 2.05) is 13.0 Å². The van der Waals surface area contributed by atoms with Crippen molar-refractivity contribution in [2.75, 3.05) is 0 Å². The number of nitrogens with zero attached hydrogens (tertiary/aromatic N) is 1. The second kappa shape index (κ2) is 5.29. The molecule has 0 unspecified atom stereocenters. The molecule has 1 nitrogen and oxygen atoms in total. The van der Waals surface area contributed by atoms with E-state index in [0.29, 0.717) is 27.1 Å². The van der Waals surface area contributed by atoms with Crippen molar-refractivity contribution in [2.24, 2.45) is 0 Å². The first-order valence-electron chi connectivity index (χ1n) is 4.33. The summed E-state index contributed by atoms with van der Waals surface area (Å²) in [5.41, 5.74) is 0.969. The number of allylic oxidation sites excluding steroid dienone is 1. The molecule has 78 valence electrons. The molecule has 0 radical (unpaired) electrons. The van der Waals surface area contributed by atoms with Gasteiger partial charge in [-0.25, -0.2) is 4.39 Å². The number of nitriles is 1. The highest BCUT2D eigenvalue weighted by atomic mass is 79.9. The Morgan fingerprint density at radius 3 is 2.67 bits per heavy atom. The zero-order valence-corrected chi connectivity index (χ0v) is 10.4. The van der Waals surface area contributed by atoms with Crippen LogP contribution >= 0.6 is 27.5 Å². The largest absolute Gasteiger partial charge is 0.207 e. The normalized spacial score (nSPS) is 11.9. The van der Waals surface area contributed by atoms with Crippen molar-refractivity contribution in [1.29, 1.82) is 5.26 Å². The minimum atomic E-state index is -0.383. The molecule has 0 heterocycles. The zero-order chi connectivity index (χ0) is 11.4. The molecule has 0 aliphatic heterocycles. The van der Waals surface area contributed by atoms with E-state index in [2.05, 4.69) is 15.9 Å². The van der Waals surface area contributed by atoms with Gasteiger partial charge < -0.3 is 0 Å². The van der Waals surface area contributed by atoms with E-state index >= 15 is 0 Å². The van der Waals surface area contributed by atoms with Gasteiger partial charge in [-0.2, -0.15) is 5.26 Å². The Kier molecular flexibility index (Phi) is 4.31. The zero-order valence-electron chi connectivity index (χ0n) is 8.02. The maximum Gasteiger partial charge on any atom is 0.124 e. The summed E-state index contributed by atoms with van der Waals surface area (Å²) in [5, 5.41) is 9.10. The van der Waals surface area contributed by atoms with Crippen molar-refractivity contribution in [3.63, 3.8) is 0 Å². The summed E-state index contributed by atoms with van der Waals surface area (Å²) in [4.78, 5) is 0. The molecule has 0 aromatic heterocycles. The van der Waals surface area contributed by atoms with Gasteiger partial charge in [0.2, 0.25) is 0 Å². The standard InChI is InChI=1S/C11H8BrClFN/c1-2-7(6-15)11(13)8-3-9(12)5-10(14)4-8/h3-5H,2H2,1H3/b11-7-. The van der Waals surface area contributed by atoms with Crippen molar-refractivity contribution < 1.29 is 4.39 Å². The molecule has 0 saturated heterocycles. The number of hydrogen-bond donors (Lipinski definition) is 0. The highest BCUT2D eigenvalue weighted by molar-refractivity contribution is 9.10. The Morgan fingerprint density at radius 2 is 2.20 bits per heavy atom. The van der Waals surface area contributed by atoms with Gasteiger partial charge in [0.05, 0.1) is 11.1 Å². The molecule has 0 amide bonds. The maximum atomic E-state index is 13.1. The fourth-order valence-corrected chi connectivity index (χ4v) is 1.89. The fourth-order valence-electron chi connectivity index (χ4n) is 1.14. The Balaban J connectivity index is 3.28. The molecule has 1 rings (SSSR count). The van der Waals surface area contributed by atoms with Crippen LogP contribution in [-0.2, 0) is 0 Å². The van der Waals surface area contributed by atoms with E-state index in [1.54, 1.807) is 6.07 Å². The highest BCUT2D eigenvalue weighted by Gasteiger charge is 2.07. The van der Waals surface area contributed by atoms with Crippen LogP contribution in [0.2, 0.25) is 0 Å². The molecule has 0 N–H and O–H groups in total. The van der Waals surface area contributed by atoms with Gasteiger partial charge in [-0.1, -0.05) is 34.5 Å². The van der Waals surface area contributed by atoms with Gasteiger partial charge in [-0.15, -0.1) is 0 Å². The van der Waals surface area contributed by atoms with Crippen molar-refractivity contribution in [2.45, 2.75) is 13.3 Å². The quantitative estimate of drug-likeness (QED) is 0.737. The lowest BCUT2D eigenvalue weighted by molar-refractivity contribution is 0.626. The van der Waals surface area contributed by atoms with Gasteiger partial charge in [-0.05, 0) is 30.2 Å². The third-order valence-electron chi connectivity index (χ3n) is 1.87. The summed E-state index contributed by atoms with van der Waals surface area (Å²) in [6.07, 6.45) is 0.531. The topological polar surface area (TPSA) is 23.8 Å². The number of halogens is 3. The first-order chi connectivity index (χ1) is 7.08. The lowest BCUT2D eigenvalue weighted by atomic mass is 10.1. The molecule has 15 heavy (non-hydrogen) atoms. The Hall–Kier alpha value is -0.850. The lowest BCUT2D eigenvalue weighted by Gasteiger charge is -2.03. The van der Waals surface area contributed by atoms with Crippen LogP contribution in [0.4, 0.5) is 4.39 Å². The molecule has 1 aromatic carbocycles. The number of rotatable bonds is 2. The smallest absolute Gasteiger partial charge is 0.124 e. The second-order valence-corrected chi connectivity index (χ2v) is 4.21. The maximum absolute atomic E-state index is 13.1. The minimum absolute atomic E-state index is 0.306. The fraction of sp³-hybridized carbons (Fsp3) is 0.182.